The van der Waals surface area contributed by atoms with E-state index in [1.807, 2.05) is 12.4 Å². The molecule has 0 bridgehead atoms. The zero-order valence-electron chi connectivity index (χ0n) is 8.15. The van der Waals surface area contributed by atoms with Crippen molar-refractivity contribution in [3.05, 3.63) is 38.0 Å². The normalized spacial score (nSPS) is 13.1. The van der Waals surface area contributed by atoms with Crippen LogP contribution in [0.4, 0.5) is 0 Å². The zero-order valence-corrected chi connectivity index (χ0v) is 9.78. The largest absolute Gasteiger partial charge is 0.319 e. The Kier molecular flexibility index (Phi) is 2.67. The van der Waals surface area contributed by atoms with Crippen molar-refractivity contribution in [3.8, 4) is 0 Å². The lowest BCUT2D eigenvalue weighted by atomic mass is 10.2. The highest BCUT2D eigenvalue weighted by Gasteiger charge is 2.14. The van der Waals surface area contributed by atoms with Crippen molar-refractivity contribution in [1.29, 1.82) is 0 Å². The van der Waals surface area contributed by atoms with E-state index in [9.17, 15) is 0 Å². The number of rotatable bonds is 2. The number of nitrogens with two attached hydrogens (primary N) is 1. The van der Waals surface area contributed by atoms with E-state index in [1.54, 1.807) is 22.7 Å². The van der Waals surface area contributed by atoms with Crippen LogP contribution in [0, 0.1) is 13.8 Å². The quantitative estimate of drug-likeness (QED) is 0.852. The van der Waals surface area contributed by atoms with Gasteiger partial charge >= 0.3 is 0 Å². The molecule has 0 aliphatic rings. The second-order valence-electron chi connectivity index (χ2n) is 3.23. The molecule has 0 radical (unpaired) electrons. The van der Waals surface area contributed by atoms with Gasteiger partial charge in [0.05, 0.1) is 17.2 Å². The summed E-state index contributed by atoms with van der Waals surface area (Å²) in [6.45, 7) is 4.10. The fourth-order valence-corrected chi connectivity index (χ4v) is 3.14. The van der Waals surface area contributed by atoms with Crippen molar-refractivity contribution in [2.24, 2.45) is 5.73 Å². The van der Waals surface area contributed by atoms with Gasteiger partial charge in [0.2, 0.25) is 0 Å². The van der Waals surface area contributed by atoms with E-state index in [2.05, 4.69) is 24.0 Å². The van der Waals surface area contributed by atoms with Crippen LogP contribution in [0.25, 0.3) is 0 Å². The van der Waals surface area contributed by atoms with E-state index < -0.39 is 0 Å². The maximum absolute atomic E-state index is 6.16. The minimum Gasteiger partial charge on any atom is -0.319 e. The Morgan fingerprint density at radius 1 is 1.36 bits per heavy atom. The second kappa shape index (κ2) is 3.81. The van der Waals surface area contributed by atoms with Crippen molar-refractivity contribution in [1.82, 2.24) is 4.98 Å². The Hall–Kier alpha value is -0.710. The molecule has 2 nitrogen and oxygen atoms in total. The topological polar surface area (TPSA) is 38.9 Å². The van der Waals surface area contributed by atoms with Gasteiger partial charge in [-0.05, 0) is 26.0 Å². The van der Waals surface area contributed by atoms with Crippen LogP contribution in [0.5, 0.6) is 0 Å². The molecule has 14 heavy (non-hydrogen) atoms. The smallest absolute Gasteiger partial charge is 0.0798 e. The van der Waals surface area contributed by atoms with Gasteiger partial charge in [-0.2, -0.15) is 0 Å². The van der Waals surface area contributed by atoms with Gasteiger partial charge in [-0.25, -0.2) is 4.98 Å². The highest BCUT2D eigenvalue weighted by Crippen LogP contribution is 2.29. The van der Waals surface area contributed by atoms with Gasteiger partial charge in [0.1, 0.15) is 0 Å². The van der Waals surface area contributed by atoms with Crippen molar-refractivity contribution in [3.63, 3.8) is 0 Å². The summed E-state index contributed by atoms with van der Waals surface area (Å²) >= 11 is 3.39. The molecule has 2 aromatic heterocycles. The van der Waals surface area contributed by atoms with Crippen molar-refractivity contribution < 1.29 is 0 Å². The molecule has 0 aliphatic heterocycles. The SMILES string of the molecule is Cc1ccc(C(N)c2scnc2C)s1. The molecule has 0 amide bonds. The van der Waals surface area contributed by atoms with Crippen molar-refractivity contribution in [2.75, 3.05) is 0 Å². The summed E-state index contributed by atoms with van der Waals surface area (Å²) in [7, 11) is 0. The summed E-state index contributed by atoms with van der Waals surface area (Å²) < 4.78 is 0. The van der Waals surface area contributed by atoms with E-state index in [4.69, 9.17) is 5.73 Å². The lowest BCUT2D eigenvalue weighted by Gasteiger charge is -2.07. The Bertz CT molecular complexity index is 431. The number of hydrogen-bond acceptors (Lipinski definition) is 4. The average molecular weight is 224 g/mol. The van der Waals surface area contributed by atoms with Crippen LogP contribution in [0.3, 0.4) is 0 Å². The molecule has 1 unspecified atom stereocenters. The minimum atomic E-state index is 0.00111. The van der Waals surface area contributed by atoms with Crippen molar-refractivity contribution >= 4 is 22.7 Å². The minimum absolute atomic E-state index is 0.00111. The Balaban J connectivity index is 2.33. The summed E-state index contributed by atoms with van der Waals surface area (Å²) in [6, 6.07) is 4.21. The van der Waals surface area contributed by atoms with Gasteiger partial charge in [0.15, 0.2) is 0 Å². The predicted octanol–water partition coefficient (Wildman–Crippen LogP) is 2.87. The standard InChI is InChI=1S/C10H12N2S2/c1-6-3-4-8(14-6)9(11)10-7(2)12-5-13-10/h3-5,9H,11H2,1-2H3. The number of aromatic nitrogens is 1. The first kappa shape index (κ1) is 9.83. The molecule has 1 atom stereocenters. The molecule has 4 heteroatoms. The Labute approximate surface area is 91.4 Å². The average Bonchev–Trinajstić information content (AvgIpc) is 2.73. The zero-order chi connectivity index (χ0) is 10.1. The molecule has 2 N–H and O–H groups in total. The maximum Gasteiger partial charge on any atom is 0.0798 e. The molecule has 2 aromatic rings. The summed E-state index contributed by atoms with van der Waals surface area (Å²) in [4.78, 5) is 7.91. The summed E-state index contributed by atoms with van der Waals surface area (Å²) in [5.41, 5.74) is 9.06. The van der Waals surface area contributed by atoms with Gasteiger partial charge in [0, 0.05) is 14.6 Å². The van der Waals surface area contributed by atoms with E-state index in [0.29, 0.717) is 0 Å². The van der Waals surface area contributed by atoms with Gasteiger partial charge < -0.3 is 5.73 Å². The van der Waals surface area contributed by atoms with Crippen LogP contribution in [-0.4, -0.2) is 4.98 Å². The molecular weight excluding hydrogens is 212 g/mol. The summed E-state index contributed by atoms with van der Waals surface area (Å²) in [5, 5.41) is 0. The summed E-state index contributed by atoms with van der Waals surface area (Å²) in [5.74, 6) is 0. The van der Waals surface area contributed by atoms with Crippen LogP contribution >= 0.6 is 22.7 Å². The van der Waals surface area contributed by atoms with Crippen LogP contribution in [0.1, 0.15) is 26.4 Å². The molecule has 0 fully saturated rings. The molecule has 0 saturated carbocycles. The van der Waals surface area contributed by atoms with Gasteiger partial charge in [-0.1, -0.05) is 0 Å². The van der Waals surface area contributed by atoms with Crippen LogP contribution in [-0.2, 0) is 0 Å². The molecule has 0 aliphatic carbocycles. The maximum atomic E-state index is 6.16. The Morgan fingerprint density at radius 3 is 2.64 bits per heavy atom. The lowest BCUT2D eigenvalue weighted by molar-refractivity contribution is 0.899. The highest BCUT2D eigenvalue weighted by molar-refractivity contribution is 7.12. The van der Waals surface area contributed by atoms with Gasteiger partial charge in [-0.15, -0.1) is 22.7 Å². The number of hydrogen-bond donors (Lipinski definition) is 1. The van der Waals surface area contributed by atoms with E-state index in [-0.39, 0.29) is 6.04 Å². The first-order valence-corrected chi connectivity index (χ1v) is 6.10. The number of aryl methyl sites for hydroxylation is 2. The third kappa shape index (κ3) is 1.73. The third-order valence-corrected chi connectivity index (χ3v) is 4.23. The Morgan fingerprint density at radius 2 is 2.14 bits per heavy atom. The lowest BCUT2D eigenvalue weighted by Crippen LogP contribution is -2.09. The van der Waals surface area contributed by atoms with Crippen molar-refractivity contribution in [2.45, 2.75) is 19.9 Å². The molecule has 0 spiro atoms. The van der Waals surface area contributed by atoms with Crippen LogP contribution in [0.15, 0.2) is 17.6 Å². The third-order valence-electron chi connectivity index (χ3n) is 2.13. The second-order valence-corrected chi connectivity index (χ2v) is 5.43. The molecule has 2 rings (SSSR count). The number of thiazole rings is 1. The number of nitrogens with zero attached hydrogens (tertiary/aromatic N) is 1. The fourth-order valence-electron chi connectivity index (χ4n) is 1.36. The van der Waals surface area contributed by atoms with Crippen LogP contribution in [0.2, 0.25) is 0 Å². The van der Waals surface area contributed by atoms with E-state index >= 15 is 0 Å². The first-order valence-electron chi connectivity index (χ1n) is 4.40. The highest BCUT2D eigenvalue weighted by atomic mass is 32.1. The van der Waals surface area contributed by atoms with Gasteiger partial charge in [0.25, 0.3) is 0 Å². The molecule has 0 saturated heterocycles. The summed E-state index contributed by atoms with van der Waals surface area (Å²) in [6.07, 6.45) is 0. The van der Waals surface area contributed by atoms with Gasteiger partial charge in [-0.3, -0.25) is 0 Å². The number of thiophene rings is 1. The molecule has 2 heterocycles. The molecule has 0 aromatic carbocycles. The van der Waals surface area contributed by atoms with E-state index in [1.165, 1.54) is 14.6 Å². The van der Waals surface area contributed by atoms with E-state index in [0.717, 1.165) is 5.69 Å². The predicted molar refractivity (Wildman–Crippen MR) is 61.9 cm³/mol. The monoisotopic (exact) mass is 224 g/mol. The van der Waals surface area contributed by atoms with Crippen LogP contribution < -0.4 is 5.73 Å². The first-order chi connectivity index (χ1) is 6.68. The molecule has 74 valence electrons. The fraction of sp³-hybridized carbons (Fsp3) is 0.300. The molecular formula is C10H12N2S2.